The third kappa shape index (κ3) is 4.03. The van der Waals surface area contributed by atoms with Crippen molar-refractivity contribution in [3.05, 3.63) is 40.7 Å². The van der Waals surface area contributed by atoms with E-state index in [1.165, 1.54) is 5.56 Å². The zero-order chi connectivity index (χ0) is 16.8. The van der Waals surface area contributed by atoms with Crippen LogP contribution in [0.15, 0.2) is 18.2 Å². The van der Waals surface area contributed by atoms with E-state index in [-0.39, 0.29) is 6.61 Å². The van der Waals surface area contributed by atoms with Crippen molar-refractivity contribution >= 4 is 0 Å². The standard InChI is InChI=1S/C17H25N3O3/c1-12-16(13(2)20(19-12)7-8-21)11-18-10-14-5-6-15(22-3)9-17(14)23-4/h5-6,9,18,21H,7-8,10-11H2,1-4H3. The van der Waals surface area contributed by atoms with Crippen LogP contribution in [0.2, 0.25) is 0 Å². The Morgan fingerprint density at radius 2 is 1.96 bits per heavy atom. The minimum absolute atomic E-state index is 0.0951. The van der Waals surface area contributed by atoms with E-state index in [2.05, 4.69) is 10.4 Å². The maximum absolute atomic E-state index is 9.07. The van der Waals surface area contributed by atoms with Gasteiger partial charge in [0.25, 0.3) is 0 Å². The molecule has 126 valence electrons. The van der Waals surface area contributed by atoms with Crippen LogP contribution in [-0.4, -0.2) is 35.7 Å². The van der Waals surface area contributed by atoms with Crippen LogP contribution in [0.3, 0.4) is 0 Å². The summed E-state index contributed by atoms with van der Waals surface area (Å²) in [7, 11) is 3.30. The number of aliphatic hydroxyl groups excluding tert-OH is 1. The predicted molar refractivity (Wildman–Crippen MR) is 88.9 cm³/mol. The molecule has 1 aromatic carbocycles. The highest BCUT2D eigenvalue weighted by atomic mass is 16.5. The van der Waals surface area contributed by atoms with E-state index in [0.717, 1.165) is 35.0 Å². The van der Waals surface area contributed by atoms with Gasteiger partial charge < -0.3 is 19.9 Å². The van der Waals surface area contributed by atoms with E-state index in [4.69, 9.17) is 14.6 Å². The summed E-state index contributed by atoms with van der Waals surface area (Å²) in [6.45, 7) is 6.05. The van der Waals surface area contributed by atoms with Gasteiger partial charge in [0.15, 0.2) is 0 Å². The summed E-state index contributed by atoms with van der Waals surface area (Å²) in [5.74, 6) is 1.59. The highest BCUT2D eigenvalue weighted by Crippen LogP contribution is 2.24. The van der Waals surface area contributed by atoms with Gasteiger partial charge in [-0.25, -0.2) is 0 Å². The first-order valence-corrected chi connectivity index (χ1v) is 7.66. The van der Waals surface area contributed by atoms with Crippen molar-refractivity contribution in [2.75, 3.05) is 20.8 Å². The Kier molecular flexibility index (Phi) is 6.01. The molecule has 0 atom stereocenters. The summed E-state index contributed by atoms with van der Waals surface area (Å²) < 4.78 is 12.5. The van der Waals surface area contributed by atoms with E-state index >= 15 is 0 Å². The van der Waals surface area contributed by atoms with Crippen LogP contribution in [0.4, 0.5) is 0 Å². The molecule has 0 spiro atoms. The summed E-state index contributed by atoms with van der Waals surface area (Å²) in [5, 5.41) is 17.0. The lowest BCUT2D eigenvalue weighted by atomic mass is 10.1. The maximum atomic E-state index is 9.07. The fourth-order valence-electron chi connectivity index (χ4n) is 2.62. The second-order valence-corrected chi connectivity index (χ2v) is 5.38. The molecule has 0 aliphatic heterocycles. The average molecular weight is 319 g/mol. The lowest BCUT2D eigenvalue weighted by Gasteiger charge is -2.11. The molecule has 23 heavy (non-hydrogen) atoms. The highest BCUT2D eigenvalue weighted by molar-refractivity contribution is 5.40. The number of rotatable bonds is 8. The first-order valence-electron chi connectivity index (χ1n) is 7.66. The molecular weight excluding hydrogens is 294 g/mol. The Morgan fingerprint density at radius 1 is 1.17 bits per heavy atom. The van der Waals surface area contributed by atoms with Gasteiger partial charge in [-0.15, -0.1) is 0 Å². The van der Waals surface area contributed by atoms with Crippen LogP contribution in [-0.2, 0) is 19.6 Å². The Hall–Kier alpha value is -2.05. The molecule has 2 N–H and O–H groups in total. The predicted octanol–water partition coefficient (Wildman–Crippen LogP) is 1.80. The molecule has 0 aliphatic rings. The minimum atomic E-state index is 0.0951. The van der Waals surface area contributed by atoms with Gasteiger partial charge in [0.05, 0.1) is 33.1 Å². The number of benzene rings is 1. The molecule has 2 aromatic rings. The average Bonchev–Trinajstić information content (AvgIpc) is 2.82. The van der Waals surface area contributed by atoms with Crippen LogP contribution in [0.1, 0.15) is 22.5 Å². The summed E-state index contributed by atoms with van der Waals surface area (Å²) in [6, 6.07) is 5.81. The van der Waals surface area contributed by atoms with Gasteiger partial charge in [0.1, 0.15) is 11.5 Å². The Labute approximate surface area is 137 Å². The molecule has 1 aromatic heterocycles. The van der Waals surface area contributed by atoms with Gasteiger partial charge in [-0.2, -0.15) is 5.10 Å². The fraction of sp³-hybridized carbons (Fsp3) is 0.471. The molecule has 6 heteroatoms. The summed E-state index contributed by atoms with van der Waals surface area (Å²) in [6.07, 6.45) is 0. The summed E-state index contributed by atoms with van der Waals surface area (Å²) >= 11 is 0. The van der Waals surface area contributed by atoms with Crippen LogP contribution >= 0.6 is 0 Å². The van der Waals surface area contributed by atoms with E-state index in [9.17, 15) is 0 Å². The lowest BCUT2D eigenvalue weighted by Crippen LogP contribution is -2.15. The molecule has 6 nitrogen and oxygen atoms in total. The molecule has 0 bridgehead atoms. The number of nitrogens with one attached hydrogen (secondary N) is 1. The first-order chi connectivity index (χ1) is 11.1. The van der Waals surface area contributed by atoms with E-state index in [1.54, 1.807) is 14.2 Å². The van der Waals surface area contributed by atoms with Crippen molar-refractivity contribution in [3.63, 3.8) is 0 Å². The van der Waals surface area contributed by atoms with E-state index in [1.807, 2.05) is 36.7 Å². The first kappa shape index (κ1) is 17.3. The summed E-state index contributed by atoms with van der Waals surface area (Å²) in [5.41, 5.74) is 4.33. The smallest absolute Gasteiger partial charge is 0.127 e. The maximum Gasteiger partial charge on any atom is 0.127 e. The van der Waals surface area contributed by atoms with Crippen molar-refractivity contribution in [2.45, 2.75) is 33.5 Å². The zero-order valence-electron chi connectivity index (χ0n) is 14.2. The highest BCUT2D eigenvalue weighted by Gasteiger charge is 2.11. The molecule has 0 aliphatic carbocycles. The molecule has 0 saturated carbocycles. The van der Waals surface area contributed by atoms with Crippen molar-refractivity contribution in [3.8, 4) is 11.5 Å². The Bertz CT molecular complexity index is 653. The van der Waals surface area contributed by atoms with Gasteiger partial charge in [-0.3, -0.25) is 4.68 Å². The largest absolute Gasteiger partial charge is 0.497 e. The van der Waals surface area contributed by atoms with Gasteiger partial charge in [0, 0.05) is 36.0 Å². The SMILES string of the molecule is COc1ccc(CNCc2c(C)nn(CCO)c2C)c(OC)c1. The number of aliphatic hydroxyl groups is 1. The molecule has 0 radical (unpaired) electrons. The number of methoxy groups -OCH3 is 2. The van der Waals surface area contributed by atoms with Gasteiger partial charge in [0.2, 0.25) is 0 Å². The van der Waals surface area contributed by atoms with Gasteiger partial charge in [-0.1, -0.05) is 6.07 Å². The molecule has 0 amide bonds. The Balaban J connectivity index is 2.03. The van der Waals surface area contributed by atoms with E-state index < -0.39 is 0 Å². The normalized spacial score (nSPS) is 10.8. The topological polar surface area (TPSA) is 68.5 Å². The third-order valence-corrected chi connectivity index (χ3v) is 3.95. The molecule has 0 unspecified atom stereocenters. The minimum Gasteiger partial charge on any atom is -0.497 e. The molecular formula is C17H25N3O3. The van der Waals surface area contributed by atoms with Gasteiger partial charge >= 0.3 is 0 Å². The van der Waals surface area contributed by atoms with Crippen molar-refractivity contribution in [2.24, 2.45) is 0 Å². The lowest BCUT2D eigenvalue weighted by molar-refractivity contribution is 0.267. The van der Waals surface area contributed by atoms with Crippen LogP contribution in [0.5, 0.6) is 11.5 Å². The van der Waals surface area contributed by atoms with E-state index in [0.29, 0.717) is 13.1 Å². The second kappa shape index (κ2) is 7.99. The molecule has 2 rings (SSSR count). The summed E-state index contributed by atoms with van der Waals surface area (Å²) in [4.78, 5) is 0. The van der Waals surface area contributed by atoms with Crippen molar-refractivity contribution in [1.29, 1.82) is 0 Å². The fourth-order valence-corrected chi connectivity index (χ4v) is 2.62. The Morgan fingerprint density at radius 3 is 2.61 bits per heavy atom. The van der Waals surface area contributed by atoms with Crippen LogP contribution < -0.4 is 14.8 Å². The van der Waals surface area contributed by atoms with Crippen LogP contribution in [0, 0.1) is 13.8 Å². The van der Waals surface area contributed by atoms with Crippen LogP contribution in [0.25, 0.3) is 0 Å². The molecule has 1 heterocycles. The number of nitrogens with zero attached hydrogens (tertiary/aromatic N) is 2. The quantitative estimate of drug-likeness (QED) is 0.776. The van der Waals surface area contributed by atoms with Crippen molar-refractivity contribution < 1.29 is 14.6 Å². The third-order valence-electron chi connectivity index (χ3n) is 3.95. The number of hydrogen-bond acceptors (Lipinski definition) is 5. The molecule has 0 fully saturated rings. The monoisotopic (exact) mass is 319 g/mol. The van der Waals surface area contributed by atoms with Crippen molar-refractivity contribution in [1.82, 2.24) is 15.1 Å². The number of aromatic nitrogens is 2. The second-order valence-electron chi connectivity index (χ2n) is 5.38. The zero-order valence-corrected chi connectivity index (χ0v) is 14.2. The number of hydrogen-bond donors (Lipinski definition) is 2. The molecule has 0 saturated heterocycles. The number of aryl methyl sites for hydroxylation is 1. The van der Waals surface area contributed by atoms with Gasteiger partial charge in [-0.05, 0) is 19.9 Å². The number of ether oxygens (including phenoxy) is 2.